The quantitative estimate of drug-likeness (QED) is 0.794. The number of hydrogen-bond acceptors (Lipinski definition) is 2. The second-order valence-electron chi connectivity index (χ2n) is 5.66. The third-order valence-electron chi connectivity index (χ3n) is 4.46. The molecule has 2 unspecified atom stereocenters. The van der Waals surface area contributed by atoms with E-state index in [4.69, 9.17) is 11.6 Å². The summed E-state index contributed by atoms with van der Waals surface area (Å²) < 4.78 is 2.30. The van der Waals surface area contributed by atoms with E-state index in [-0.39, 0.29) is 0 Å². The van der Waals surface area contributed by atoms with Crippen LogP contribution < -0.4 is 0 Å². The van der Waals surface area contributed by atoms with Crippen LogP contribution in [0.3, 0.4) is 0 Å². The molecule has 1 fully saturated rings. The number of hydrogen-bond donors (Lipinski definition) is 0. The molecule has 19 heavy (non-hydrogen) atoms. The lowest BCUT2D eigenvalue weighted by Crippen LogP contribution is -2.22. The molecule has 0 bridgehead atoms. The Labute approximate surface area is 119 Å². The fraction of sp³-hybridized carbons (Fsp3) is 0.600. The van der Waals surface area contributed by atoms with Crippen LogP contribution in [0.1, 0.15) is 38.4 Å². The number of aromatic nitrogens is 3. The second-order valence-corrected chi connectivity index (χ2v) is 5.93. The first-order valence-corrected chi connectivity index (χ1v) is 7.68. The normalized spacial score (nSPS) is 23.9. The van der Waals surface area contributed by atoms with Gasteiger partial charge in [0.15, 0.2) is 0 Å². The molecule has 0 N–H and O–H groups in total. The van der Waals surface area contributed by atoms with Crippen molar-refractivity contribution >= 4 is 22.6 Å². The number of alkyl halides is 1. The highest BCUT2D eigenvalue weighted by molar-refractivity contribution is 6.16. The summed E-state index contributed by atoms with van der Waals surface area (Å²) >= 11 is 6.05. The summed E-state index contributed by atoms with van der Waals surface area (Å²) in [6.07, 6.45) is 9.09. The molecule has 2 aromatic heterocycles. The zero-order valence-corrected chi connectivity index (χ0v) is 12.1. The molecule has 2 heterocycles. The highest BCUT2D eigenvalue weighted by Crippen LogP contribution is 2.32. The van der Waals surface area contributed by atoms with Gasteiger partial charge in [-0.05, 0) is 24.3 Å². The van der Waals surface area contributed by atoms with Gasteiger partial charge in [0.25, 0.3) is 0 Å². The van der Waals surface area contributed by atoms with E-state index < -0.39 is 0 Å². The Kier molecular flexibility index (Phi) is 3.74. The smallest absolute Gasteiger partial charge is 0.124 e. The average Bonchev–Trinajstić information content (AvgIpc) is 2.79. The number of halogens is 1. The Morgan fingerprint density at radius 3 is 3.00 bits per heavy atom. The van der Waals surface area contributed by atoms with E-state index in [0.717, 1.165) is 29.7 Å². The van der Waals surface area contributed by atoms with Crippen LogP contribution >= 0.6 is 11.6 Å². The van der Waals surface area contributed by atoms with E-state index in [0.29, 0.717) is 5.88 Å². The van der Waals surface area contributed by atoms with Crippen LogP contribution in [-0.4, -0.2) is 14.5 Å². The first-order valence-electron chi connectivity index (χ1n) is 7.14. The minimum absolute atomic E-state index is 0.468. The fourth-order valence-electron chi connectivity index (χ4n) is 3.24. The number of rotatable bonds is 3. The molecule has 2 atom stereocenters. The van der Waals surface area contributed by atoms with Gasteiger partial charge in [-0.3, -0.25) is 4.98 Å². The van der Waals surface area contributed by atoms with Gasteiger partial charge in [0.2, 0.25) is 0 Å². The Morgan fingerprint density at radius 1 is 1.37 bits per heavy atom. The summed E-state index contributed by atoms with van der Waals surface area (Å²) in [6, 6.07) is 2.05. The van der Waals surface area contributed by atoms with Crippen molar-refractivity contribution in [2.45, 2.75) is 45.0 Å². The average molecular weight is 278 g/mol. The molecule has 0 aliphatic heterocycles. The maximum Gasteiger partial charge on any atom is 0.124 e. The zero-order valence-electron chi connectivity index (χ0n) is 11.3. The molecule has 0 spiro atoms. The van der Waals surface area contributed by atoms with Crippen molar-refractivity contribution in [3.63, 3.8) is 0 Å². The van der Waals surface area contributed by atoms with Crippen LogP contribution in [-0.2, 0) is 12.4 Å². The predicted molar refractivity (Wildman–Crippen MR) is 78.2 cm³/mol. The summed E-state index contributed by atoms with van der Waals surface area (Å²) in [5.74, 6) is 3.00. The Bertz CT molecular complexity index is 564. The summed E-state index contributed by atoms with van der Waals surface area (Å²) in [4.78, 5) is 8.73. The van der Waals surface area contributed by atoms with Crippen molar-refractivity contribution in [3.05, 3.63) is 24.3 Å². The van der Waals surface area contributed by atoms with Crippen molar-refractivity contribution in [1.82, 2.24) is 14.5 Å². The molecule has 1 saturated carbocycles. The van der Waals surface area contributed by atoms with Gasteiger partial charge in [-0.1, -0.05) is 26.2 Å². The summed E-state index contributed by atoms with van der Waals surface area (Å²) in [7, 11) is 0. The van der Waals surface area contributed by atoms with Crippen LogP contribution in [0.2, 0.25) is 0 Å². The molecule has 3 nitrogen and oxygen atoms in total. The summed E-state index contributed by atoms with van der Waals surface area (Å²) in [5, 5.41) is 0. The minimum atomic E-state index is 0.468. The van der Waals surface area contributed by atoms with E-state index in [1.807, 2.05) is 18.5 Å². The Balaban J connectivity index is 1.94. The molecule has 4 heteroatoms. The van der Waals surface area contributed by atoms with E-state index in [1.54, 1.807) is 0 Å². The number of nitrogens with zero attached hydrogens (tertiary/aromatic N) is 3. The van der Waals surface area contributed by atoms with Crippen molar-refractivity contribution in [2.75, 3.05) is 0 Å². The first-order chi connectivity index (χ1) is 9.29. The van der Waals surface area contributed by atoms with E-state index in [9.17, 15) is 0 Å². The molecular weight excluding hydrogens is 258 g/mol. The predicted octanol–water partition coefficient (Wildman–Crippen LogP) is 4.00. The van der Waals surface area contributed by atoms with Gasteiger partial charge in [0.1, 0.15) is 11.3 Å². The van der Waals surface area contributed by atoms with Gasteiger partial charge in [-0.15, -0.1) is 11.6 Å². The Hall–Kier alpha value is -1.09. The number of fused-ring (bicyclic) bond motifs is 1. The molecule has 102 valence electrons. The monoisotopic (exact) mass is 277 g/mol. The van der Waals surface area contributed by atoms with E-state index >= 15 is 0 Å². The second kappa shape index (κ2) is 5.49. The van der Waals surface area contributed by atoms with Gasteiger partial charge in [0, 0.05) is 12.7 Å². The maximum absolute atomic E-state index is 6.05. The lowest BCUT2D eigenvalue weighted by Gasteiger charge is -2.29. The molecule has 1 aliphatic rings. The third-order valence-corrected chi connectivity index (χ3v) is 4.69. The van der Waals surface area contributed by atoms with Crippen molar-refractivity contribution in [2.24, 2.45) is 11.8 Å². The summed E-state index contributed by atoms with van der Waals surface area (Å²) in [5.41, 5.74) is 2.13. The SMILES string of the molecule is CC1CCCCC1Cn1c(CCl)nc2cnccc21. The van der Waals surface area contributed by atoms with E-state index in [2.05, 4.69) is 21.5 Å². The maximum atomic E-state index is 6.05. The van der Waals surface area contributed by atoms with Crippen molar-refractivity contribution < 1.29 is 0 Å². The molecule has 3 rings (SSSR count). The lowest BCUT2D eigenvalue weighted by molar-refractivity contribution is 0.229. The third kappa shape index (κ3) is 2.48. The number of imidazole rings is 1. The van der Waals surface area contributed by atoms with E-state index in [1.165, 1.54) is 31.2 Å². The first kappa shape index (κ1) is 12.9. The van der Waals surface area contributed by atoms with Crippen LogP contribution in [0.25, 0.3) is 11.0 Å². The van der Waals surface area contributed by atoms with Gasteiger partial charge in [-0.2, -0.15) is 0 Å². The topological polar surface area (TPSA) is 30.7 Å². The van der Waals surface area contributed by atoms with Crippen LogP contribution in [0.5, 0.6) is 0 Å². The highest BCUT2D eigenvalue weighted by atomic mass is 35.5. The van der Waals surface area contributed by atoms with Gasteiger partial charge in [-0.25, -0.2) is 4.98 Å². The molecule has 0 radical (unpaired) electrons. The van der Waals surface area contributed by atoms with Crippen molar-refractivity contribution in [3.8, 4) is 0 Å². The summed E-state index contributed by atoms with van der Waals surface area (Å²) in [6.45, 7) is 3.43. The Morgan fingerprint density at radius 2 is 2.21 bits per heavy atom. The van der Waals surface area contributed by atoms with Crippen LogP contribution in [0.4, 0.5) is 0 Å². The highest BCUT2D eigenvalue weighted by Gasteiger charge is 2.23. The largest absolute Gasteiger partial charge is 0.327 e. The molecule has 0 aromatic carbocycles. The van der Waals surface area contributed by atoms with Gasteiger partial charge < -0.3 is 4.57 Å². The van der Waals surface area contributed by atoms with Gasteiger partial charge >= 0.3 is 0 Å². The molecular formula is C15H20ClN3. The number of pyridine rings is 1. The van der Waals surface area contributed by atoms with Crippen LogP contribution in [0.15, 0.2) is 18.5 Å². The van der Waals surface area contributed by atoms with Gasteiger partial charge in [0.05, 0.1) is 17.6 Å². The molecule has 0 saturated heterocycles. The van der Waals surface area contributed by atoms with Crippen molar-refractivity contribution in [1.29, 1.82) is 0 Å². The van der Waals surface area contributed by atoms with Crippen LogP contribution in [0, 0.1) is 11.8 Å². The minimum Gasteiger partial charge on any atom is -0.327 e. The molecule has 2 aromatic rings. The molecule has 0 amide bonds. The fourth-order valence-corrected chi connectivity index (χ4v) is 3.44. The lowest BCUT2D eigenvalue weighted by atomic mass is 9.80. The molecule has 1 aliphatic carbocycles. The zero-order chi connectivity index (χ0) is 13.2. The standard InChI is InChI=1S/C15H20ClN3/c1-11-4-2-3-5-12(11)10-19-14-6-7-17-9-13(14)18-15(19)8-16/h6-7,9,11-12H,2-5,8,10H2,1H3.